The van der Waals surface area contributed by atoms with Gasteiger partial charge in [-0.25, -0.2) is 4.79 Å². The maximum atomic E-state index is 11.1. The molecule has 2 N–H and O–H groups in total. The summed E-state index contributed by atoms with van der Waals surface area (Å²) in [6.07, 6.45) is 1.41. The molecule has 0 radical (unpaired) electrons. The summed E-state index contributed by atoms with van der Waals surface area (Å²) in [6, 6.07) is 5.90. The van der Waals surface area contributed by atoms with Crippen LogP contribution in [0.25, 0.3) is 0 Å². The number of hydrogen-bond donors (Lipinski definition) is 2. The van der Waals surface area contributed by atoms with E-state index >= 15 is 0 Å². The Kier molecular flexibility index (Phi) is 2.46. The summed E-state index contributed by atoms with van der Waals surface area (Å²) >= 11 is 3.43. The molecule has 1 aromatic carbocycles. The number of hydrogen-bond acceptors (Lipinski definition) is 2. The summed E-state index contributed by atoms with van der Waals surface area (Å²) in [7, 11) is 0. The van der Waals surface area contributed by atoms with Crippen molar-refractivity contribution < 1.29 is 9.90 Å². The average molecular weight is 270 g/mol. The number of aryl methyl sites for hydroxylation is 1. The Morgan fingerprint density at radius 1 is 1.60 bits per heavy atom. The van der Waals surface area contributed by atoms with Gasteiger partial charge in [-0.2, -0.15) is 0 Å². The molecule has 0 saturated heterocycles. The third-order valence-electron chi connectivity index (χ3n) is 2.87. The van der Waals surface area contributed by atoms with Crippen LogP contribution in [0, 0.1) is 0 Å². The molecule has 0 aliphatic carbocycles. The van der Waals surface area contributed by atoms with Crippen molar-refractivity contribution in [2.24, 2.45) is 0 Å². The topological polar surface area (TPSA) is 49.3 Å². The molecule has 80 valence electrons. The van der Waals surface area contributed by atoms with E-state index in [1.807, 2.05) is 18.2 Å². The molecule has 15 heavy (non-hydrogen) atoms. The number of rotatable bonds is 1. The molecular weight excluding hydrogens is 258 g/mol. The number of aliphatic carboxylic acids is 1. The molecule has 1 aromatic rings. The number of carboxylic acid groups (broad SMARTS) is 1. The quantitative estimate of drug-likeness (QED) is 0.824. The number of carbonyl (C=O) groups is 1. The van der Waals surface area contributed by atoms with Gasteiger partial charge in [0.15, 0.2) is 0 Å². The number of carboxylic acids is 1. The fourth-order valence-electron chi connectivity index (χ4n) is 1.80. The zero-order valence-corrected chi connectivity index (χ0v) is 9.97. The first-order valence-electron chi connectivity index (χ1n) is 4.82. The highest BCUT2D eigenvalue weighted by Crippen LogP contribution is 2.35. The van der Waals surface area contributed by atoms with Gasteiger partial charge in [-0.15, -0.1) is 0 Å². The van der Waals surface area contributed by atoms with Crippen LogP contribution >= 0.6 is 15.9 Å². The van der Waals surface area contributed by atoms with Crippen molar-refractivity contribution in [2.75, 3.05) is 5.32 Å². The van der Waals surface area contributed by atoms with E-state index < -0.39 is 11.5 Å². The Labute approximate surface area is 96.6 Å². The SMILES string of the molecule is CC1(C(=O)O)CCc2cccc(Br)c2N1. The van der Waals surface area contributed by atoms with E-state index in [1.54, 1.807) is 6.92 Å². The van der Waals surface area contributed by atoms with Gasteiger partial charge in [0.25, 0.3) is 0 Å². The second-order valence-corrected chi connectivity index (χ2v) is 4.89. The van der Waals surface area contributed by atoms with Crippen molar-refractivity contribution in [3.8, 4) is 0 Å². The van der Waals surface area contributed by atoms with Crippen molar-refractivity contribution in [3.05, 3.63) is 28.2 Å². The maximum absolute atomic E-state index is 11.1. The molecule has 4 heteroatoms. The van der Waals surface area contributed by atoms with Crippen molar-refractivity contribution in [1.82, 2.24) is 0 Å². The Morgan fingerprint density at radius 2 is 2.33 bits per heavy atom. The molecule has 1 atom stereocenters. The van der Waals surface area contributed by atoms with Crippen LogP contribution in [0.1, 0.15) is 18.9 Å². The van der Waals surface area contributed by atoms with Gasteiger partial charge in [0, 0.05) is 4.47 Å². The van der Waals surface area contributed by atoms with Gasteiger partial charge in [-0.3, -0.25) is 0 Å². The fraction of sp³-hybridized carbons (Fsp3) is 0.364. The van der Waals surface area contributed by atoms with Crippen molar-refractivity contribution in [3.63, 3.8) is 0 Å². The molecule has 0 aromatic heterocycles. The maximum Gasteiger partial charge on any atom is 0.329 e. The highest BCUT2D eigenvalue weighted by Gasteiger charge is 2.36. The predicted octanol–water partition coefficient (Wildman–Crippen LogP) is 2.65. The van der Waals surface area contributed by atoms with Gasteiger partial charge in [0.2, 0.25) is 0 Å². The van der Waals surface area contributed by atoms with Gasteiger partial charge in [0.1, 0.15) is 5.54 Å². The zero-order valence-electron chi connectivity index (χ0n) is 8.38. The van der Waals surface area contributed by atoms with Crippen LogP contribution < -0.4 is 5.32 Å². The standard InChI is InChI=1S/C11H12BrNO2/c1-11(10(14)15)6-5-7-3-2-4-8(12)9(7)13-11/h2-4,13H,5-6H2,1H3,(H,14,15). The van der Waals surface area contributed by atoms with Crippen LogP contribution in [0.15, 0.2) is 22.7 Å². The average Bonchev–Trinajstić information content (AvgIpc) is 2.19. The van der Waals surface area contributed by atoms with E-state index in [-0.39, 0.29) is 0 Å². The van der Waals surface area contributed by atoms with E-state index in [1.165, 1.54) is 5.56 Å². The Bertz CT molecular complexity index is 419. The van der Waals surface area contributed by atoms with Crippen LogP contribution in [0.4, 0.5) is 5.69 Å². The normalized spacial score (nSPS) is 24.1. The molecule has 3 nitrogen and oxygen atoms in total. The first-order valence-corrected chi connectivity index (χ1v) is 5.61. The first kappa shape index (κ1) is 10.5. The lowest BCUT2D eigenvalue weighted by atomic mass is 9.88. The van der Waals surface area contributed by atoms with Crippen molar-refractivity contribution >= 4 is 27.6 Å². The number of benzene rings is 1. The lowest BCUT2D eigenvalue weighted by molar-refractivity contribution is -0.142. The van der Waals surface area contributed by atoms with Crippen LogP contribution in [0.2, 0.25) is 0 Å². The molecule has 0 saturated carbocycles. The van der Waals surface area contributed by atoms with Crippen LogP contribution in [0.5, 0.6) is 0 Å². The summed E-state index contributed by atoms with van der Waals surface area (Å²) in [6.45, 7) is 1.72. The summed E-state index contributed by atoms with van der Waals surface area (Å²) < 4.78 is 0.923. The molecule has 0 spiro atoms. The number of fused-ring (bicyclic) bond motifs is 1. The molecule has 0 fully saturated rings. The van der Waals surface area contributed by atoms with Gasteiger partial charge in [0.05, 0.1) is 5.69 Å². The lowest BCUT2D eigenvalue weighted by Crippen LogP contribution is -2.46. The third-order valence-corrected chi connectivity index (χ3v) is 3.53. The van der Waals surface area contributed by atoms with Gasteiger partial charge >= 0.3 is 5.97 Å². The minimum absolute atomic E-state index is 0.617. The molecule has 2 rings (SSSR count). The zero-order chi connectivity index (χ0) is 11.1. The highest BCUT2D eigenvalue weighted by atomic mass is 79.9. The summed E-state index contributed by atoms with van der Waals surface area (Å²) in [5.74, 6) is -0.802. The minimum Gasteiger partial charge on any atom is -0.480 e. The molecule has 1 unspecified atom stereocenters. The second kappa shape index (κ2) is 3.52. The molecule has 1 aliphatic heterocycles. The summed E-state index contributed by atoms with van der Waals surface area (Å²) in [4.78, 5) is 11.1. The van der Waals surface area contributed by atoms with E-state index in [4.69, 9.17) is 5.11 Å². The third kappa shape index (κ3) is 1.74. The Balaban J connectivity index is 2.42. The van der Waals surface area contributed by atoms with E-state index in [0.29, 0.717) is 6.42 Å². The number of para-hydroxylation sites is 1. The van der Waals surface area contributed by atoms with Gasteiger partial charge in [-0.05, 0) is 47.3 Å². The molecular formula is C11H12BrNO2. The van der Waals surface area contributed by atoms with Crippen molar-refractivity contribution in [2.45, 2.75) is 25.3 Å². The number of anilines is 1. The monoisotopic (exact) mass is 269 g/mol. The predicted molar refractivity (Wildman–Crippen MR) is 62.1 cm³/mol. The van der Waals surface area contributed by atoms with Crippen LogP contribution in [-0.2, 0) is 11.2 Å². The van der Waals surface area contributed by atoms with E-state index in [0.717, 1.165) is 16.6 Å². The van der Waals surface area contributed by atoms with Crippen molar-refractivity contribution in [1.29, 1.82) is 0 Å². The van der Waals surface area contributed by atoms with E-state index in [2.05, 4.69) is 21.2 Å². The molecule has 0 bridgehead atoms. The van der Waals surface area contributed by atoms with Gasteiger partial charge < -0.3 is 10.4 Å². The Hall–Kier alpha value is -1.03. The molecule has 1 aliphatic rings. The Morgan fingerprint density at radius 3 is 3.00 bits per heavy atom. The summed E-state index contributed by atoms with van der Waals surface area (Å²) in [5, 5.41) is 12.2. The van der Waals surface area contributed by atoms with Crippen LogP contribution in [0.3, 0.4) is 0 Å². The summed E-state index contributed by atoms with van der Waals surface area (Å²) in [5.41, 5.74) is 1.23. The van der Waals surface area contributed by atoms with E-state index in [9.17, 15) is 4.79 Å². The minimum atomic E-state index is -0.850. The van der Waals surface area contributed by atoms with Crippen LogP contribution in [-0.4, -0.2) is 16.6 Å². The highest BCUT2D eigenvalue weighted by molar-refractivity contribution is 9.10. The molecule has 1 heterocycles. The largest absolute Gasteiger partial charge is 0.480 e. The second-order valence-electron chi connectivity index (χ2n) is 4.04. The van der Waals surface area contributed by atoms with Gasteiger partial charge in [-0.1, -0.05) is 12.1 Å². The molecule has 0 amide bonds. The number of nitrogens with one attached hydrogen (secondary N) is 1. The fourth-order valence-corrected chi connectivity index (χ4v) is 2.31. The number of halogens is 1. The first-order chi connectivity index (χ1) is 7.03. The lowest BCUT2D eigenvalue weighted by Gasteiger charge is -2.33. The smallest absolute Gasteiger partial charge is 0.329 e.